The van der Waals surface area contributed by atoms with Crippen LogP contribution in [0.4, 0.5) is 13.6 Å². The van der Waals surface area contributed by atoms with Crippen molar-refractivity contribution in [1.29, 1.82) is 0 Å². The second-order valence-electron chi connectivity index (χ2n) is 15.2. The predicted molar refractivity (Wildman–Crippen MR) is 180 cm³/mol. The highest BCUT2D eigenvalue weighted by molar-refractivity contribution is 7.86. The molecule has 4 N–H and O–H groups in total. The zero-order valence-corrected chi connectivity index (χ0v) is 31.0. The molecule has 0 aromatic carbocycles. The Balaban J connectivity index is 2.36. The van der Waals surface area contributed by atoms with Crippen LogP contribution in [0.1, 0.15) is 67.2 Å². The van der Waals surface area contributed by atoms with Crippen molar-refractivity contribution in [3.63, 3.8) is 0 Å². The number of carbonyl (C=O) groups excluding carboxylic acids is 5. The summed E-state index contributed by atoms with van der Waals surface area (Å²) >= 11 is 0. The first-order valence-corrected chi connectivity index (χ1v) is 17.9. The van der Waals surface area contributed by atoms with Gasteiger partial charge in [0, 0.05) is 53.2 Å². The van der Waals surface area contributed by atoms with Gasteiger partial charge < -0.3 is 26.2 Å². The van der Waals surface area contributed by atoms with Gasteiger partial charge in [0.15, 0.2) is 0 Å². The highest BCUT2D eigenvalue weighted by Crippen LogP contribution is 2.43. The molecule has 2 aliphatic rings. The fourth-order valence-electron chi connectivity index (χ4n) is 6.26. The van der Waals surface area contributed by atoms with Crippen LogP contribution in [0.5, 0.6) is 0 Å². The molecule has 17 heteroatoms. The first-order valence-electron chi connectivity index (χ1n) is 16.5. The van der Waals surface area contributed by atoms with E-state index >= 15 is 0 Å². The molecule has 0 aromatic rings. The Hall–Kier alpha value is -3.18. The van der Waals surface area contributed by atoms with Crippen molar-refractivity contribution in [3.05, 3.63) is 12.7 Å². The van der Waals surface area contributed by atoms with Gasteiger partial charge in [-0.15, -0.1) is 6.58 Å². The molecule has 0 bridgehead atoms. The number of alkyl halides is 2. The number of likely N-dealkylation sites (tertiary alicyclic amines) is 1. The smallest absolute Gasteiger partial charge is 0.315 e. The molecule has 1 aliphatic carbocycles. The summed E-state index contributed by atoms with van der Waals surface area (Å²) in [6.45, 7) is 14.2. The van der Waals surface area contributed by atoms with E-state index in [0.29, 0.717) is 6.42 Å². The van der Waals surface area contributed by atoms with Crippen LogP contribution in [0.3, 0.4) is 0 Å². The lowest BCUT2D eigenvalue weighted by atomic mass is 9.85. The molecular weight excluding hydrogens is 664 g/mol. The normalized spacial score (nSPS) is 21.6. The molecule has 49 heavy (non-hydrogen) atoms. The minimum atomic E-state index is -3.78. The maximum absolute atomic E-state index is 14.3. The van der Waals surface area contributed by atoms with E-state index in [2.05, 4.69) is 27.8 Å². The molecule has 280 valence electrons. The van der Waals surface area contributed by atoms with Crippen LogP contribution in [0.2, 0.25) is 0 Å². The number of halogens is 2. The van der Waals surface area contributed by atoms with E-state index in [1.54, 1.807) is 20.8 Å². The van der Waals surface area contributed by atoms with Crippen LogP contribution in [-0.2, 0) is 29.4 Å². The van der Waals surface area contributed by atoms with Gasteiger partial charge in [0.05, 0.1) is 0 Å². The van der Waals surface area contributed by atoms with Crippen molar-refractivity contribution < 1.29 is 41.2 Å². The SMILES string of the molecule is C=CCNC(=O)C(=O)[C@H](CC(F)F)NC(=O)[C@@H]1[C@H]2CCC[C@H]2CN1C(=O)[C@@H](NC(=O)N[C@H](CN(C)S(=O)(=O)N(C)C)C(C)(C)C)C(C)(C)C. The highest BCUT2D eigenvalue weighted by Gasteiger charge is 2.52. The van der Waals surface area contributed by atoms with Crippen molar-refractivity contribution in [3.8, 4) is 0 Å². The number of urea groups is 1. The van der Waals surface area contributed by atoms with Gasteiger partial charge in [-0.2, -0.15) is 17.0 Å². The van der Waals surface area contributed by atoms with E-state index in [1.165, 1.54) is 32.1 Å². The molecule has 0 unspecified atom stereocenters. The van der Waals surface area contributed by atoms with E-state index in [0.717, 1.165) is 21.5 Å². The van der Waals surface area contributed by atoms with E-state index in [1.807, 2.05) is 20.8 Å². The molecule has 0 radical (unpaired) electrons. The average molecular weight is 720 g/mol. The number of carbonyl (C=O) groups is 5. The average Bonchev–Trinajstić information content (AvgIpc) is 3.57. The number of ketones is 1. The molecule has 2 rings (SSSR count). The van der Waals surface area contributed by atoms with Crippen LogP contribution in [-0.4, -0.2) is 123 Å². The maximum atomic E-state index is 14.3. The molecule has 5 amide bonds. The Morgan fingerprint density at radius 1 is 0.959 bits per heavy atom. The fraction of sp³-hybridized carbons (Fsp3) is 0.781. The summed E-state index contributed by atoms with van der Waals surface area (Å²) in [6.07, 6.45) is -0.676. The molecule has 2 fully saturated rings. The number of nitrogens with zero attached hydrogens (tertiary/aromatic N) is 3. The monoisotopic (exact) mass is 719 g/mol. The zero-order chi connectivity index (χ0) is 37.6. The van der Waals surface area contributed by atoms with Gasteiger partial charge in [-0.1, -0.05) is 54.0 Å². The Morgan fingerprint density at radius 3 is 2.08 bits per heavy atom. The van der Waals surface area contributed by atoms with Gasteiger partial charge in [-0.3, -0.25) is 19.2 Å². The van der Waals surface area contributed by atoms with E-state index in [9.17, 15) is 41.2 Å². The van der Waals surface area contributed by atoms with Crippen LogP contribution >= 0.6 is 0 Å². The van der Waals surface area contributed by atoms with Crippen molar-refractivity contribution in [2.45, 2.75) is 97.8 Å². The molecule has 14 nitrogen and oxygen atoms in total. The third-order valence-electron chi connectivity index (χ3n) is 9.15. The van der Waals surface area contributed by atoms with E-state index < -0.39 is 87.6 Å². The summed E-state index contributed by atoms with van der Waals surface area (Å²) in [6, 6.07) is -5.50. The summed E-state index contributed by atoms with van der Waals surface area (Å²) < 4.78 is 54.5. The van der Waals surface area contributed by atoms with Gasteiger partial charge >= 0.3 is 6.03 Å². The molecule has 6 atom stereocenters. The number of fused-ring (bicyclic) bond motifs is 1. The van der Waals surface area contributed by atoms with Crippen molar-refractivity contribution in [2.75, 3.05) is 40.8 Å². The van der Waals surface area contributed by atoms with Crippen molar-refractivity contribution in [2.24, 2.45) is 22.7 Å². The number of nitrogens with one attached hydrogen (secondary N) is 4. The van der Waals surface area contributed by atoms with Crippen LogP contribution < -0.4 is 21.3 Å². The lowest BCUT2D eigenvalue weighted by Gasteiger charge is -2.38. The van der Waals surface area contributed by atoms with Gasteiger partial charge in [0.2, 0.25) is 24.0 Å². The quantitative estimate of drug-likeness (QED) is 0.146. The second kappa shape index (κ2) is 16.7. The van der Waals surface area contributed by atoms with E-state index in [4.69, 9.17) is 0 Å². The number of hydrogen-bond donors (Lipinski definition) is 4. The lowest BCUT2D eigenvalue weighted by molar-refractivity contribution is -0.145. The summed E-state index contributed by atoms with van der Waals surface area (Å²) in [5.41, 5.74) is -1.47. The van der Waals surface area contributed by atoms with Crippen molar-refractivity contribution in [1.82, 2.24) is 34.8 Å². The highest BCUT2D eigenvalue weighted by atomic mass is 32.2. The first kappa shape index (κ1) is 42.0. The van der Waals surface area contributed by atoms with Gasteiger partial charge in [-0.25, -0.2) is 13.6 Å². The maximum Gasteiger partial charge on any atom is 0.315 e. The van der Waals surface area contributed by atoms with E-state index in [-0.39, 0.29) is 31.5 Å². The van der Waals surface area contributed by atoms with Gasteiger partial charge in [0.1, 0.15) is 18.1 Å². The third kappa shape index (κ3) is 10.9. The minimum absolute atomic E-state index is 0.0614. The summed E-state index contributed by atoms with van der Waals surface area (Å²) in [5, 5.41) is 10.2. The molecule has 1 heterocycles. The topological polar surface area (TPSA) is 177 Å². The summed E-state index contributed by atoms with van der Waals surface area (Å²) in [5.74, 6) is -4.15. The van der Waals surface area contributed by atoms with Gasteiger partial charge in [-0.05, 0) is 35.5 Å². The summed E-state index contributed by atoms with van der Waals surface area (Å²) in [7, 11) is 0.414. The number of hydrogen-bond acceptors (Lipinski definition) is 7. The number of likely N-dealkylation sites (N-methyl/N-ethyl adjacent to an activating group) is 1. The largest absolute Gasteiger partial charge is 0.346 e. The van der Waals surface area contributed by atoms with Crippen LogP contribution in [0.15, 0.2) is 12.7 Å². The standard InChI is InChI=1S/C32H55F2N7O7S/c1-11-15-35-28(44)25(42)21(16-23(33)34)36-27(43)24-20-14-12-13-19(20)17-41(24)29(45)26(32(5,6)7)38-30(46)37-22(31(2,3)4)18-40(10)49(47,48)39(8)9/h11,19-24,26H,1,12-18H2,2-10H3,(H,35,44)(H,36,43)(H2,37,38,46)/t19-,20-,21-,22+,24-,26+/m0/s1. The number of Topliss-reactive ketones (excluding diaryl/α,β-unsaturated/α-hetero) is 1. The first-order chi connectivity index (χ1) is 22.4. The molecule has 0 aromatic heterocycles. The minimum Gasteiger partial charge on any atom is -0.346 e. The molecule has 1 aliphatic heterocycles. The summed E-state index contributed by atoms with van der Waals surface area (Å²) in [4.78, 5) is 68.1. The van der Waals surface area contributed by atoms with Crippen LogP contribution in [0, 0.1) is 22.7 Å². The second-order valence-corrected chi connectivity index (χ2v) is 17.5. The number of rotatable bonds is 15. The Bertz CT molecular complexity index is 1350. The number of amides is 5. The Morgan fingerprint density at radius 2 is 1.57 bits per heavy atom. The molecular formula is C32H55F2N7O7S. The molecule has 1 saturated carbocycles. The molecule has 1 saturated heterocycles. The Labute approximate surface area is 289 Å². The third-order valence-corrected chi connectivity index (χ3v) is 11.0. The lowest BCUT2D eigenvalue weighted by Crippen LogP contribution is -2.62. The Kier molecular flexibility index (Phi) is 14.3. The van der Waals surface area contributed by atoms with Gasteiger partial charge in [0.25, 0.3) is 16.1 Å². The fourth-order valence-corrected chi connectivity index (χ4v) is 7.15. The predicted octanol–water partition coefficient (Wildman–Crippen LogP) is 1.49. The molecule has 0 spiro atoms. The zero-order valence-electron chi connectivity index (χ0n) is 30.1. The van der Waals surface area contributed by atoms with Crippen LogP contribution in [0.25, 0.3) is 0 Å². The van der Waals surface area contributed by atoms with Crippen molar-refractivity contribution >= 4 is 39.7 Å².